The molecule has 0 fully saturated rings. The number of carbonyl (C=O) groups excluding carboxylic acids is 3. The van der Waals surface area contributed by atoms with Crippen LogP contribution in [0.15, 0.2) is 36.4 Å². The van der Waals surface area contributed by atoms with Gasteiger partial charge in [0.2, 0.25) is 5.91 Å². The number of hydrogen-bond acceptors (Lipinski definition) is 5. The summed E-state index contributed by atoms with van der Waals surface area (Å²) in [7, 11) is 6.23. The lowest BCUT2D eigenvalue weighted by Crippen LogP contribution is -2.47. The maximum atomic E-state index is 12.9. The Labute approximate surface area is 192 Å². The van der Waals surface area contributed by atoms with Crippen LogP contribution < -0.4 is 20.1 Å². The minimum absolute atomic E-state index is 0.198. The van der Waals surface area contributed by atoms with E-state index in [4.69, 9.17) is 21.1 Å². The molecule has 32 heavy (non-hydrogen) atoms. The molecule has 1 unspecified atom stereocenters. The summed E-state index contributed by atoms with van der Waals surface area (Å²) in [5.41, 5.74) is 1.04. The average molecular weight is 462 g/mol. The molecule has 0 heterocycles. The number of benzene rings is 2. The van der Waals surface area contributed by atoms with E-state index in [0.717, 1.165) is 0 Å². The molecule has 0 spiro atoms. The van der Waals surface area contributed by atoms with E-state index in [1.54, 1.807) is 44.4 Å². The second kappa shape index (κ2) is 10.9. The smallest absolute Gasteiger partial charge is 0.254 e. The fraction of sp³-hybridized carbons (Fsp3) is 0.348. The molecule has 172 valence electrons. The summed E-state index contributed by atoms with van der Waals surface area (Å²) in [6, 6.07) is 8.60. The first-order valence-corrected chi connectivity index (χ1v) is 10.3. The van der Waals surface area contributed by atoms with Gasteiger partial charge in [-0.1, -0.05) is 25.4 Å². The zero-order valence-corrected chi connectivity index (χ0v) is 19.7. The van der Waals surface area contributed by atoms with E-state index in [1.165, 1.54) is 25.2 Å². The van der Waals surface area contributed by atoms with Gasteiger partial charge in [-0.3, -0.25) is 14.4 Å². The molecule has 0 saturated heterocycles. The zero-order chi connectivity index (χ0) is 24.0. The molecule has 2 aromatic carbocycles. The van der Waals surface area contributed by atoms with E-state index < -0.39 is 17.9 Å². The van der Waals surface area contributed by atoms with Crippen LogP contribution in [0.4, 0.5) is 5.69 Å². The van der Waals surface area contributed by atoms with Crippen molar-refractivity contribution in [1.82, 2.24) is 10.2 Å². The van der Waals surface area contributed by atoms with Crippen molar-refractivity contribution in [3.05, 3.63) is 52.5 Å². The summed E-state index contributed by atoms with van der Waals surface area (Å²) in [6.45, 7) is 3.64. The first kappa shape index (κ1) is 25.0. The molecule has 9 heteroatoms. The molecule has 1 atom stereocenters. The molecular formula is C23H28ClN3O5. The fourth-order valence-corrected chi connectivity index (χ4v) is 3.19. The van der Waals surface area contributed by atoms with Crippen LogP contribution in [0.3, 0.4) is 0 Å². The summed E-state index contributed by atoms with van der Waals surface area (Å²) in [5.74, 6) is -0.374. The van der Waals surface area contributed by atoms with Gasteiger partial charge in [0.1, 0.15) is 17.5 Å². The number of rotatable bonds is 8. The van der Waals surface area contributed by atoms with E-state index in [0.29, 0.717) is 28.3 Å². The van der Waals surface area contributed by atoms with Crippen LogP contribution in [-0.4, -0.2) is 57.0 Å². The van der Waals surface area contributed by atoms with Gasteiger partial charge in [-0.25, -0.2) is 0 Å². The molecule has 0 aliphatic carbocycles. The molecule has 0 saturated carbocycles. The number of nitrogens with one attached hydrogen (secondary N) is 2. The van der Waals surface area contributed by atoms with Crippen molar-refractivity contribution in [3.8, 4) is 11.5 Å². The van der Waals surface area contributed by atoms with Crippen LogP contribution >= 0.6 is 11.6 Å². The quantitative estimate of drug-likeness (QED) is 0.627. The highest BCUT2D eigenvalue weighted by molar-refractivity contribution is 6.34. The minimum Gasteiger partial charge on any atom is -0.497 e. The molecule has 2 aromatic rings. The van der Waals surface area contributed by atoms with Gasteiger partial charge in [-0.2, -0.15) is 0 Å². The SMILES string of the molecule is COc1cc(OC)cc(C(=O)NC(C(=O)Nc2ccc(C(=O)N(C)C)c(Cl)c2)C(C)C)c1. The molecular weight excluding hydrogens is 434 g/mol. The number of carbonyl (C=O) groups is 3. The molecule has 0 radical (unpaired) electrons. The Morgan fingerprint density at radius 3 is 2.03 bits per heavy atom. The number of ether oxygens (including phenoxy) is 2. The lowest BCUT2D eigenvalue weighted by Gasteiger charge is -2.22. The standard InChI is InChI=1S/C23H28ClN3O5/c1-13(2)20(26-21(28)14-9-16(31-5)12-17(10-14)32-6)22(29)25-15-7-8-18(19(24)11-15)23(30)27(3)4/h7-13,20H,1-6H3,(H,25,29)(H,26,28). The van der Waals surface area contributed by atoms with Gasteiger partial charge in [0.15, 0.2) is 0 Å². The van der Waals surface area contributed by atoms with Crippen molar-refractivity contribution in [2.24, 2.45) is 5.92 Å². The lowest BCUT2D eigenvalue weighted by molar-refractivity contribution is -0.118. The van der Waals surface area contributed by atoms with Gasteiger partial charge in [0.25, 0.3) is 11.8 Å². The molecule has 3 amide bonds. The first-order chi connectivity index (χ1) is 15.1. The van der Waals surface area contributed by atoms with Crippen LogP contribution in [0, 0.1) is 5.92 Å². The largest absolute Gasteiger partial charge is 0.497 e. The molecule has 2 rings (SSSR count). The summed E-state index contributed by atoms with van der Waals surface area (Å²) < 4.78 is 10.4. The van der Waals surface area contributed by atoms with Crippen molar-refractivity contribution in [1.29, 1.82) is 0 Å². The van der Waals surface area contributed by atoms with Crippen molar-refractivity contribution in [3.63, 3.8) is 0 Å². The van der Waals surface area contributed by atoms with Crippen molar-refractivity contribution in [2.45, 2.75) is 19.9 Å². The zero-order valence-electron chi connectivity index (χ0n) is 19.0. The van der Waals surface area contributed by atoms with Crippen LogP contribution in [0.1, 0.15) is 34.6 Å². The van der Waals surface area contributed by atoms with Gasteiger partial charge in [-0.05, 0) is 36.2 Å². The number of methoxy groups -OCH3 is 2. The van der Waals surface area contributed by atoms with E-state index >= 15 is 0 Å². The van der Waals surface area contributed by atoms with Gasteiger partial charge < -0.3 is 25.0 Å². The predicted octanol–water partition coefficient (Wildman–Crippen LogP) is 3.45. The Morgan fingerprint density at radius 1 is 0.969 bits per heavy atom. The highest BCUT2D eigenvalue weighted by Crippen LogP contribution is 2.24. The normalized spacial score (nSPS) is 11.5. The topological polar surface area (TPSA) is 97.0 Å². The number of halogens is 1. The van der Waals surface area contributed by atoms with Gasteiger partial charge in [0.05, 0.1) is 24.8 Å². The second-order valence-electron chi connectivity index (χ2n) is 7.68. The Bertz CT molecular complexity index is 985. The maximum absolute atomic E-state index is 12.9. The number of amides is 3. The molecule has 8 nitrogen and oxygen atoms in total. The first-order valence-electron chi connectivity index (χ1n) is 9.93. The van der Waals surface area contributed by atoms with Crippen molar-refractivity contribution >= 4 is 35.0 Å². The van der Waals surface area contributed by atoms with E-state index in [1.807, 2.05) is 13.8 Å². The highest BCUT2D eigenvalue weighted by Gasteiger charge is 2.26. The third-order valence-corrected chi connectivity index (χ3v) is 5.04. The lowest BCUT2D eigenvalue weighted by atomic mass is 10.0. The molecule has 0 aliphatic rings. The predicted molar refractivity (Wildman–Crippen MR) is 124 cm³/mol. The van der Waals surface area contributed by atoms with Crippen LogP contribution in [0.5, 0.6) is 11.5 Å². The van der Waals surface area contributed by atoms with Crippen molar-refractivity contribution in [2.75, 3.05) is 33.6 Å². The van der Waals surface area contributed by atoms with Crippen LogP contribution in [-0.2, 0) is 4.79 Å². The Balaban J connectivity index is 2.19. The Hall–Kier alpha value is -3.26. The van der Waals surface area contributed by atoms with Gasteiger partial charge >= 0.3 is 0 Å². The molecule has 0 aromatic heterocycles. The van der Waals surface area contributed by atoms with E-state index in [2.05, 4.69) is 10.6 Å². The van der Waals surface area contributed by atoms with Crippen LogP contribution in [0.2, 0.25) is 5.02 Å². The summed E-state index contributed by atoms with van der Waals surface area (Å²) in [5, 5.41) is 5.73. The molecule has 2 N–H and O–H groups in total. The number of hydrogen-bond donors (Lipinski definition) is 2. The summed E-state index contributed by atoms with van der Waals surface area (Å²) in [4.78, 5) is 39.3. The number of anilines is 1. The van der Waals surface area contributed by atoms with Gasteiger partial charge in [0, 0.05) is 31.4 Å². The average Bonchev–Trinajstić information content (AvgIpc) is 2.75. The maximum Gasteiger partial charge on any atom is 0.254 e. The minimum atomic E-state index is -0.818. The molecule has 0 bridgehead atoms. The van der Waals surface area contributed by atoms with Crippen LogP contribution in [0.25, 0.3) is 0 Å². The van der Waals surface area contributed by atoms with Gasteiger partial charge in [-0.15, -0.1) is 0 Å². The second-order valence-corrected chi connectivity index (χ2v) is 8.09. The Kier molecular flexibility index (Phi) is 8.48. The third kappa shape index (κ3) is 6.13. The summed E-state index contributed by atoms with van der Waals surface area (Å²) in [6.07, 6.45) is 0. The summed E-state index contributed by atoms with van der Waals surface area (Å²) >= 11 is 6.22. The van der Waals surface area contributed by atoms with Crippen molar-refractivity contribution < 1.29 is 23.9 Å². The Morgan fingerprint density at radius 2 is 1.56 bits per heavy atom. The highest BCUT2D eigenvalue weighted by atomic mass is 35.5. The van der Waals surface area contributed by atoms with E-state index in [9.17, 15) is 14.4 Å². The number of nitrogens with zero attached hydrogens (tertiary/aromatic N) is 1. The van der Waals surface area contributed by atoms with E-state index in [-0.39, 0.29) is 16.8 Å². The fourth-order valence-electron chi connectivity index (χ4n) is 2.93. The molecule has 0 aliphatic heterocycles. The third-order valence-electron chi connectivity index (χ3n) is 4.72. The monoisotopic (exact) mass is 461 g/mol.